The number of amides is 2. The fourth-order valence-electron chi connectivity index (χ4n) is 5.76. The lowest BCUT2D eigenvalue weighted by Gasteiger charge is -2.55. The molecule has 1 aromatic rings. The highest BCUT2D eigenvalue weighted by atomic mass is 16.5. The summed E-state index contributed by atoms with van der Waals surface area (Å²) in [4.78, 5) is 27.4. The SMILES string of the molecule is COc1ccc([C@H]2[C@@H]3CCCC[C@H]3[C@@H]2NC(=O)[C@H]2CC(=O)N(C(C)(C)C)C2)cc1. The van der Waals surface area contributed by atoms with Gasteiger partial charge in [0.15, 0.2) is 0 Å². The lowest BCUT2D eigenvalue weighted by atomic mass is 9.53. The summed E-state index contributed by atoms with van der Waals surface area (Å²) in [5.74, 6) is 2.35. The second-order valence-corrected chi connectivity index (χ2v) is 10.0. The van der Waals surface area contributed by atoms with Crippen molar-refractivity contribution >= 4 is 11.8 Å². The predicted octanol–water partition coefficient (Wildman–Crippen LogP) is 3.73. The zero-order valence-corrected chi connectivity index (χ0v) is 18.1. The summed E-state index contributed by atoms with van der Waals surface area (Å²) in [6, 6.07) is 8.50. The van der Waals surface area contributed by atoms with E-state index in [-0.39, 0.29) is 29.3 Å². The van der Waals surface area contributed by atoms with Crippen LogP contribution in [0.25, 0.3) is 0 Å². The minimum absolute atomic E-state index is 0.0534. The van der Waals surface area contributed by atoms with Crippen LogP contribution in [-0.2, 0) is 9.59 Å². The first-order chi connectivity index (χ1) is 13.8. The second-order valence-electron chi connectivity index (χ2n) is 10.0. The molecule has 0 unspecified atom stereocenters. The van der Waals surface area contributed by atoms with E-state index in [2.05, 4.69) is 17.4 Å². The molecule has 2 amide bonds. The van der Waals surface area contributed by atoms with Crippen LogP contribution in [0.15, 0.2) is 24.3 Å². The van der Waals surface area contributed by atoms with Gasteiger partial charge in [-0.15, -0.1) is 0 Å². The number of likely N-dealkylation sites (tertiary alicyclic amines) is 1. The molecule has 3 aliphatic rings. The topological polar surface area (TPSA) is 58.6 Å². The molecule has 2 saturated carbocycles. The molecule has 1 N–H and O–H groups in total. The largest absolute Gasteiger partial charge is 0.497 e. The third-order valence-corrected chi connectivity index (χ3v) is 7.30. The number of nitrogens with one attached hydrogen (secondary N) is 1. The maximum absolute atomic E-state index is 13.1. The van der Waals surface area contributed by atoms with Crippen LogP contribution in [0.4, 0.5) is 0 Å². The number of rotatable bonds is 4. The minimum atomic E-state index is -0.235. The van der Waals surface area contributed by atoms with Crippen LogP contribution >= 0.6 is 0 Å². The summed E-state index contributed by atoms with van der Waals surface area (Å²) >= 11 is 0. The Hall–Kier alpha value is -2.04. The van der Waals surface area contributed by atoms with Gasteiger partial charge in [0.25, 0.3) is 0 Å². The third-order valence-electron chi connectivity index (χ3n) is 7.30. The van der Waals surface area contributed by atoms with E-state index in [1.807, 2.05) is 37.8 Å². The number of carbonyl (C=O) groups is 2. The molecule has 1 aromatic carbocycles. The van der Waals surface area contributed by atoms with Crippen molar-refractivity contribution in [3.63, 3.8) is 0 Å². The van der Waals surface area contributed by atoms with E-state index in [1.54, 1.807) is 7.11 Å². The first kappa shape index (κ1) is 20.2. The summed E-state index contributed by atoms with van der Waals surface area (Å²) in [7, 11) is 1.68. The fourth-order valence-corrected chi connectivity index (χ4v) is 5.76. The van der Waals surface area contributed by atoms with Crippen LogP contribution in [-0.4, -0.2) is 41.9 Å². The Kier molecular flexibility index (Phi) is 5.34. The molecule has 0 radical (unpaired) electrons. The third kappa shape index (κ3) is 3.76. The van der Waals surface area contributed by atoms with Crippen molar-refractivity contribution in [1.82, 2.24) is 10.2 Å². The standard InChI is InChI=1S/C24H34N2O3/c1-24(2,3)26-14-16(13-20(26)27)23(28)25-22-19-8-6-5-7-18(19)21(22)15-9-11-17(29-4)12-10-15/h9-12,16,18-19,21-22H,5-8,13-14H2,1-4H3,(H,25,28)/t16-,18+,19+,21-,22-/m0/s1. The molecule has 0 spiro atoms. The average molecular weight is 399 g/mol. The molecular weight excluding hydrogens is 364 g/mol. The zero-order chi connectivity index (χ0) is 20.8. The lowest BCUT2D eigenvalue weighted by molar-refractivity contribution is -0.132. The summed E-state index contributed by atoms with van der Waals surface area (Å²) in [5.41, 5.74) is 1.06. The molecule has 1 aliphatic heterocycles. The van der Waals surface area contributed by atoms with E-state index in [9.17, 15) is 9.59 Å². The lowest BCUT2D eigenvalue weighted by Crippen LogP contribution is -2.60. The molecular formula is C24H34N2O3. The van der Waals surface area contributed by atoms with E-state index in [0.29, 0.717) is 30.7 Å². The molecule has 4 rings (SSSR count). The number of hydrogen-bond donors (Lipinski definition) is 1. The summed E-state index contributed by atoms with van der Waals surface area (Å²) in [5, 5.41) is 3.38. The van der Waals surface area contributed by atoms with Gasteiger partial charge in [-0.25, -0.2) is 0 Å². The minimum Gasteiger partial charge on any atom is -0.497 e. The number of benzene rings is 1. The molecule has 5 heteroatoms. The van der Waals surface area contributed by atoms with Crippen LogP contribution in [0.2, 0.25) is 0 Å². The summed E-state index contributed by atoms with van der Waals surface area (Å²) in [6.45, 7) is 6.62. The van der Waals surface area contributed by atoms with Crippen molar-refractivity contribution in [3.8, 4) is 5.75 Å². The number of fused-ring (bicyclic) bond motifs is 1. The second kappa shape index (κ2) is 7.66. The Morgan fingerprint density at radius 1 is 1.10 bits per heavy atom. The van der Waals surface area contributed by atoms with Gasteiger partial charge in [-0.05, 0) is 63.1 Å². The van der Waals surface area contributed by atoms with Crippen LogP contribution < -0.4 is 10.1 Å². The average Bonchev–Trinajstić information content (AvgIpc) is 3.09. The Bertz CT molecular complexity index is 767. The Morgan fingerprint density at radius 2 is 1.76 bits per heavy atom. The van der Waals surface area contributed by atoms with Crippen LogP contribution in [0.3, 0.4) is 0 Å². The van der Waals surface area contributed by atoms with Crippen molar-refractivity contribution in [2.24, 2.45) is 17.8 Å². The molecule has 0 bridgehead atoms. The van der Waals surface area contributed by atoms with Gasteiger partial charge in [0.1, 0.15) is 5.75 Å². The van der Waals surface area contributed by atoms with Gasteiger partial charge >= 0.3 is 0 Å². The van der Waals surface area contributed by atoms with Crippen molar-refractivity contribution in [1.29, 1.82) is 0 Å². The van der Waals surface area contributed by atoms with Gasteiger partial charge in [0.2, 0.25) is 11.8 Å². The highest BCUT2D eigenvalue weighted by molar-refractivity contribution is 5.89. The number of ether oxygens (including phenoxy) is 1. The van der Waals surface area contributed by atoms with Gasteiger partial charge in [-0.3, -0.25) is 9.59 Å². The van der Waals surface area contributed by atoms with E-state index >= 15 is 0 Å². The van der Waals surface area contributed by atoms with E-state index in [0.717, 1.165) is 5.75 Å². The van der Waals surface area contributed by atoms with E-state index in [4.69, 9.17) is 4.74 Å². The maximum Gasteiger partial charge on any atom is 0.225 e. The van der Waals surface area contributed by atoms with E-state index in [1.165, 1.54) is 31.2 Å². The highest BCUT2D eigenvalue weighted by Gasteiger charge is 2.52. The Morgan fingerprint density at radius 3 is 2.34 bits per heavy atom. The van der Waals surface area contributed by atoms with Crippen molar-refractivity contribution in [2.75, 3.05) is 13.7 Å². The van der Waals surface area contributed by atoms with Gasteiger partial charge < -0.3 is 15.0 Å². The van der Waals surface area contributed by atoms with Gasteiger partial charge in [-0.1, -0.05) is 25.0 Å². The fraction of sp³-hybridized carbons (Fsp3) is 0.667. The summed E-state index contributed by atoms with van der Waals surface area (Å²) < 4.78 is 5.31. The molecule has 1 saturated heterocycles. The van der Waals surface area contributed by atoms with Crippen molar-refractivity contribution in [2.45, 2.75) is 70.4 Å². The molecule has 158 valence electrons. The van der Waals surface area contributed by atoms with Crippen LogP contribution in [0, 0.1) is 17.8 Å². The first-order valence-electron chi connectivity index (χ1n) is 11.0. The van der Waals surface area contributed by atoms with Gasteiger partial charge in [-0.2, -0.15) is 0 Å². The number of carbonyl (C=O) groups excluding carboxylic acids is 2. The molecule has 1 heterocycles. The number of nitrogens with zero attached hydrogens (tertiary/aromatic N) is 1. The maximum atomic E-state index is 13.1. The zero-order valence-electron chi connectivity index (χ0n) is 18.1. The van der Waals surface area contributed by atoms with Crippen molar-refractivity contribution in [3.05, 3.63) is 29.8 Å². The Balaban J connectivity index is 1.48. The van der Waals surface area contributed by atoms with Gasteiger partial charge in [0, 0.05) is 30.5 Å². The van der Waals surface area contributed by atoms with Crippen LogP contribution in [0.1, 0.15) is 64.4 Å². The number of hydrogen-bond acceptors (Lipinski definition) is 3. The molecule has 5 atom stereocenters. The van der Waals surface area contributed by atoms with Gasteiger partial charge in [0.05, 0.1) is 13.0 Å². The molecule has 5 nitrogen and oxygen atoms in total. The first-order valence-corrected chi connectivity index (χ1v) is 11.0. The molecule has 0 aromatic heterocycles. The predicted molar refractivity (Wildman–Crippen MR) is 113 cm³/mol. The number of methoxy groups -OCH3 is 1. The van der Waals surface area contributed by atoms with E-state index < -0.39 is 0 Å². The normalized spacial score (nSPS) is 31.8. The van der Waals surface area contributed by atoms with Crippen LogP contribution in [0.5, 0.6) is 5.75 Å². The molecule has 3 fully saturated rings. The highest BCUT2D eigenvalue weighted by Crippen LogP contribution is 2.54. The quantitative estimate of drug-likeness (QED) is 0.841. The Labute approximate surface area is 174 Å². The molecule has 2 aliphatic carbocycles. The monoisotopic (exact) mass is 398 g/mol. The van der Waals surface area contributed by atoms with Crippen molar-refractivity contribution < 1.29 is 14.3 Å². The smallest absolute Gasteiger partial charge is 0.225 e. The molecule has 29 heavy (non-hydrogen) atoms. The summed E-state index contributed by atoms with van der Waals surface area (Å²) in [6.07, 6.45) is 5.30.